The minimum atomic E-state index is -1.33. The zero-order valence-corrected chi connectivity index (χ0v) is 11.1. The van der Waals surface area contributed by atoms with Gasteiger partial charge in [0.15, 0.2) is 5.69 Å². The predicted octanol–water partition coefficient (Wildman–Crippen LogP) is 1.54. The summed E-state index contributed by atoms with van der Waals surface area (Å²) in [5.41, 5.74) is 0.623. The van der Waals surface area contributed by atoms with Crippen LogP contribution >= 0.6 is 0 Å². The number of aromatic nitrogens is 2. The van der Waals surface area contributed by atoms with E-state index in [-0.39, 0.29) is 10.7 Å². The molecular weight excluding hydrogens is 271 g/mol. The second-order valence-corrected chi connectivity index (χ2v) is 5.03. The van der Waals surface area contributed by atoms with Crippen molar-refractivity contribution in [2.24, 2.45) is 0 Å². The molecule has 1 aromatic heterocycles. The first kappa shape index (κ1) is 13.6. The lowest BCUT2D eigenvalue weighted by atomic mass is 10.3. The van der Waals surface area contributed by atoms with Crippen LogP contribution in [0.1, 0.15) is 10.5 Å². The van der Waals surface area contributed by atoms with E-state index in [1.807, 2.05) is 0 Å². The van der Waals surface area contributed by atoms with Crippen LogP contribution in [0.3, 0.4) is 0 Å². The van der Waals surface area contributed by atoms with Crippen LogP contribution in [0.5, 0.6) is 0 Å². The van der Waals surface area contributed by atoms with Crippen LogP contribution in [-0.2, 0) is 15.9 Å². The van der Waals surface area contributed by atoms with E-state index < -0.39 is 23.0 Å². The summed E-state index contributed by atoms with van der Waals surface area (Å²) >= 11 is -1.33. The van der Waals surface area contributed by atoms with Crippen LogP contribution < -0.4 is 0 Å². The summed E-state index contributed by atoms with van der Waals surface area (Å²) < 4.78 is 30.2. The van der Waals surface area contributed by atoms with Gasteiger partial charge in [0.1, 0.15) is 12.1 Å². The lowest BCUT2D eigenvalue weighted by Gasteiger charge is -2.05. The van der Waals surface area contributed by atoms with E-state index >= 15 is 0 Å². The van der Waals surface area contributed by atoms with Crippen molar-refractivity contribution in [2.75, 3.05) is 13.4 Å². The fourth-order valence-corrected chi connectivity index (χ4v) is 2.00. The number of halogens is 1. The number of carbonyl (C=O) groups is 1. The molecule has 1 atom stereocenters. The molecule has 1 aromatic carbocycles. The molecule has 2 aromatic rings. The number of rotatable bonds is 3. The smallest absolute Gasteiger partial charge is 0.356 e. The average molecular weight is 282 g/mol. The zero-order chi connectivity index (χ0) is 14.0. The van der Waals surface area contributed by atoms with Gasteiger partial charge in [-0.1, -0.05) is 0 Å². The molecule has 0 saturated heterocycles. The number of hydrogen-bond acceptors (Lipinski definition) is 4. The van der Waals surface area contributed by atoms with Gasteiger partial charge in [-0.2, -0.15) is 0 Å². The third-order valence-electron chi connectivity index (χ3n) is 2.45. The number of ether oxygens (including phenoxy) is 1. The maximum Gasteiger partial charge on any atom is 0.356 e. The molecule has 0 aliphatic carbocycles. The maximum absolute atomic E-state index is 12.9. The molecule has 0 radical (unpaired) electrons. The normalized spacial score (nSPS) is 12.2. The van der Waals surface area contributed by atoms with Gasteiger partial charge in [-0.05, 0) is 24.3 Å². The van der Waals surface area contributed by atoms with Crippen molar-refractivity contribution in [3.63, 3.8) is 0 Å². The number of esters is 1. The second-order valence-electron chi connectivity index (χ2n) is 3.70. The van der Waals surface area contributed by atoms with Gasteiger partial charge >= 0.3 is 5.97 Å². The standard InChI is InChI=1S/C12H11FN2O3S/c1-18-12(16)10-7-11(19(2)17)14-15(10)9-5-3-8(13)4-6-9/h3-7H,1-2H3. The molecule has 100 valence electrons. The highest BCUT2D eigenvalue weighted by Crippen LogP contribution is 2.17. The first-order valence-electron chi connectivity index (χ1n) is 5.30. The largest absolute Gasteiger partial charge is 0.610 e. The zero-order valence-electron chi connectivity index (χ0n) is 10.3. The monoisotopic (exact) mass is 282 g/mol. The number of hydrogen-bond donors (Lipinski definition) is 0. The molecular formula is C12H11FN2O3S. The van der Waals surface area contributed by atoms with Gasteiger partial charge in [-0.25, -0.2) is 13.9 Å². The lowest BCUT2D eigenvalue weighted by Crippen LogP contribution is -2.10. The molecule has 0 spiro atoms. The van der Waals surface area contributed by atoms with E-state index in [0.29, 0.717) is 5.69 Å². The Balaban J connectivity index is 2.54. The van der Waals surface area contributed by atoms with Crippen molar-refractivity contribution in [1.82, 2.24) is 9.78 Å². The van der Waals surface area contributed by atoms with E-state index in [9.17, 15) is 13.7 Å². The molecule has 0 amide bonds. The Morgan fingerprint density at radius 1 is 1.42 bits per heavy atom. The van der Waals surface area contributed by atoms with Crippen LogP contribution in [0.25, 0.3) is 5.69 Å². The predicted molar refractivity (Wildman–Crippen MR) is 67.2 cm³/mol. The Hall–Kier alpha value is -1.86. The Morgan fingerprint density at radius 2 is 2.05 bits per heavy atom. The minimum Gasteiger partial charge on any atom is -0.610 e. The molecule has 2 rings (SSSR count). The number of methoxy groups -OCH3 is 1. The second kappa shape index (κ2) is 5.41. The van der Waals surface area contributed by atoms with E-state index in [4.69, 9.17) is 0 Å². The molecule has 0 saturated carbocycles. The summed E-state index contributed by atoms with van der Waals surface area (Å²) in [5.74, 6) is -0.997. The van der Waals surface area contributed by atoms with Gasteiger partial charge in [0, 0.05) is 17.2 Å². The van der Waals surface area contributed by atoms with E-state index in [1.54, 1.807) is 0 Å². The average Bonchev–Trinajstić information content (AvgIpc) is 2.84. The van der Waals surface area contributed by atoms with E-state index in [0.717, 1.165) is 0 Å². The molecule has 19 heavy (non-hydrogen) atoms. The highest BCUT2D eigenvalue weighted by molar-refractivity contribution is 7.90. The van der Waals surface area contributed by atoms with E-state index in [2.05, 4.69) is 9.84 Å². The van der Waals surface area contributed by atoms with Crippen molar-refractivity contribution in [2.45, 2.75) is 5.03 Å². The van der Waals surface area contributed by atoms with Crippen LogP contribution in [0.2, 0.25) is 0 Å². The molecule has 5 nitrogen and oxygen atoms in total. The summed E-state index contributed by atoms with van der Waals surface area (Å²) in [6.07, 6.45) is 1.46. The molecule has 0 N–H and O–H groups in total. The van der Waals surface area contributed by atoms with Crippen LogP contribution in [-0.4, -0.2) is 33.7 Å². The molecule has 0 fully saturated rings. The third-order valence-corrected chi connectivity index (χ3v) is 3.24. The van der Waals surface area contributed by atoms with E-state index in [1.165, 1.54) is 48.4 Å². The topological polar surface area (TPSA) is 67.2 Å². The van der Waals surface area contributed by atoms with Crippen molar-refractivity contribution in [1.29, 1.82) is 0 Å². The molecule has 1 unspecified atom stereocenters. The Kier molecular flexibility index (Phi) is 3.87. The molecule has 0 aliphatic rings. The van der Waals surface area contributed by atoms with Crippen molar-refractivity contribution in [3.8, 4) is 5.69 Å². The van der Waals surface area contributed by atoms with Gasteiger partial charge in [0.25, 0.3) is 5.03 Å². The quantitative estimate of drug-likeness (QED) is 0.632. The summed E-state index contributed by atoms with van der Waals surface area (Å²) in [7, 11) is 1.24. The minimum absolute atomic E-state index is 0.138. The van der Waals surface area contributed by atoms with Crippen LogP contribution in [0, 0.1) is 5.82 Å². The van der Waals surface area contributed by atoms with Crippen molar-refractivity contribution >= 4 is 17.1 Å². The van der Waals surface area contributed by atoms with Gasteiger partial charge in [0.2, 0.25) is 0 Å². The molecule has 0 bridgehead atoms. The van der Waals surface area contributed by atoms with Crippen molar-refractivity contribution in [3.05, 3.63) is 41.8 Å². The summed E-state index contributed by atoms with van der Waals surface area (Å²) in [6, 6.07) is 6.83. The van der Waals surface area contributed by atoms with Gasteiger partial charge in [-0.15, -0.1) is 5.10 Å². The number of benzene rings is 1. The summed E-state index contributed by atoms with van der Waals surface area (Å²) in [5, 5.41) is 4.33. The molecule has 0 aliphatic heterocycles. The Morgan fingerprint density at radius 3 is 2.58 bits per heavy atom. The number of nitrogens with zero attached hydrogens (tertiary/aromatic N) is 2. The first-order valence-corrected chi connectivity index (χ1v) is 6.86. The SMILES string of the molecule is COC(=O)c1cc([S+](C)[O-])nn1-c1ccc(F)cc1. The molecule has 1 heterocycles. The number of carbonyl (C=O) groups excluding carboxylic acids is 1. The van der Waals surface area contributed by atoms with Gasteiger partial charge in [0.05, 0.1) is 12.8 Å². The third kappa shape index (κ3) is 2.77. The summed E-state index contributed by atoms with van der Waals surface area (Å²) in [4.78, 5) is 11.7. The molecule has 7 heteroatoms. The fraction of sp³-hybridized carbons (Fsp3) is 0.167. The highest BCUT2D eigenvalue weighted by Gasteiger charge is 2.21. The fourth-order valence-electron chi connectivity index (χ4n) is 1.53. The van der Waals surface area contributed by atoms with Crippen LogP contribution in [0.15, 0.2) is 35.4 Å². The lowest BCUT2D eigenvalue weighted by molar-refractivity contribution is 0.0590. The van der Waals surface area contributed by atoms with Crippen molar-refractivity contribution < 1.29 is 18.5 Å². The summed E-state index contributed by atoms with van der Waals surface area (Å²) in [6.45, 7) is 0. The highest BCUT2D eigenvalue weighted by atomic mass is 32.2. The maximum atomic E-state index is 12.9. The Bertz CT molecular complexity index is 596. The van der Waals surface area contributed by atoms with Gasteiger partial charge < -0.3 is 9.29 Å². The first-order chi connectivity index (χ1) is 9.02. The van der Waals surface area contributed by atoms with Gasteiger partial charge in [-0.3, -0.25) is 0 Å². The Labute approximate surface area is 112 Å². The van der Waals surface area contributed by atoms with Crippen LogP contribution in [0.4, 0.5) is 4.39 Å².